The summed E-state index contributed by atoms with van der Waals surface area (Å²) in [6.45, 7) is 3.52. The molecule has 0 atom stereocenters. The van der Waals surface area contributed by atoms with Crippen molar-refractivity contribution in [2.45, 2.75) is 6.18 Å². The van der Waals surface area contributed by atoms with Gasteiger partial charge in [0.25, 0.3) is 5.91 Å². The van der Waals surface area contributed by atoms with Crippen molar-refractivity contribution >= 4 is 17.3 Å². The van der Waals surface area contributed by atoms with Crippen LogP contribution >= 0.6 is 0 Å². The number of hydrogen-bond donors (Lipinski definition) is 3. The zero-order valence-electron chi connectivity index (χ0n) is 12.5. The van der Waals surface area contributed by atoms with E-state index >= 15 is 0 Å². The van der Waals surface area contributed by atoms with Gasteiger partial charge in [-0.05, 0) is 30.3 Å². The maximum atomic E-state index is 12.6. The maximum Gasteiger partial charge on any atom is 0.416 e. The van der Waals surface area contributed by atoms with Gasteiger partial charge in [0.05, 0.1) is 23.5 Å². The summed E-state index contributed by atoms with van der Waals surface area (Å²) in [5, 5.41) is 2.62. The van der Waals surface area contributed by atoms with E-state index in [0.29, 0.717) is 11.4 Å². The van der Waals surface area contributed by atoms with Crippen LogP contribution in [0.2, 0.25) is 0 Å². The Morgan fingerprint density at radius 3 is 2.58 bits per heavy atom. The molecule has 0 aliphatic carbocycles. The molecule has 0 fully saturated rings. The molecule has 0 aliphatic rings. The van der Waals surface area contributed by atoms with Crippen LogP contribution in [0, 0.1) is 0 Å². The molecule has 1 aromatic heterocycles. The third-order valence-corrected chi connectivity index (χ3v) is 2.97. The fourth-order valence-electron chi connectivity index (χ4n) is 1.78. The Morgan fingerprint density at radius 2 is 1.92 bits per heavy atom. The first-order valence-electron chi connectivity index (χ1n) is 6.92. The molecule has 1 aromatic carbocycles. The number of pyridine rings is 1. The lowest BCUT2D eigenvalue weighted by molar-refractivity contribution is -0.137. The summed E-state index contributed by atoms with van der Waals surface area (Å²) in [4.78, 5) is 15.8. The van der Waals surface area contributed by atoms with E-state index in [1.807, 2.05) is 0 Å². The van der Waals surface area contributed by atoms with E-state index in [4.69, 9.17) is 0 Å². The van der Waals surface area contributed by atoms with Crippen molar-refractivity contribution in [2.75, 3.05) is 11.9 Å². The van der Waals surface area contributed by atoms with Gasteiger partial charge in [0.1, 0.15) is 0 Å². The Hall–Kier alpha value is -3.03. The number of amides is 1. The van der Waals surface area contributed by atoms with Crippen molar-refractivity contribution in [2.24, 2.45) is 0 Å². The van der Waals surface area contributed by atoms with Crippen molar-refractivity contribution in [1.82, 2.24) is 15.8 Å². The van der Waals surface area contributed by atoms with E-state index < -0.39 is 17.6 Å². The Morgan fingerprint density at radius 1 is 1.12 bits per heavy atom. The zero-order chi connectivity index (χ0) is 17.6. The monoisotopic (exact) mass is 336 g/mol. The number of halogens is 3. The molecule has 3 N–H and O–H groups in total. The SMILES string of the molecule is C=C(NNC(=O)CNc1cccc(C(F)(F)F)c1)c1ccccn1. The predicted molar refractivity (Wildman–Crippen MR) is 84.5 cm³/mol. The van der Waals surface area contributed by atoms with Crippen LogP contribution in [0.5, 0.6) is 0 Å². The Bertz CT molecular complexity index is 717. The smallest absolute Gasteiger partial charge is 0.376 e. The molecule has 2 aromatic rings. The van der Waals surface area contributed by atoms with Gasteiger partial charge in [-0.3, -0.25) is 20.6 Å². The van der Waals surface area contributed by atoms with Gasteiger partial charge in [0, 0.05) is 11.9 Å². The summed E-state index contributed by atoms with van der Waals surface area (Å²) in [5.41, 5.74) is 5.34. The quantitative estimate of drug-likeness (QED) is 0.710. The Kier molecular flexibility index (Phi) is 5.41. The molecule has 0 spiro atoms. The summed E-state index contributed by atoms with van der Waals surface area (Å²) in [5.74, 6) is -0.468. The fraction of sp³-hybridized carbons (Fsp3) is 0.125. The average Bonchev–Trinajstić information content (AvgIpc) is 2.58. The number of nitrogens with one attached hydrogen (secondary N) is 3. The molecule has 1 heterocycles. The molecule has 0 saturated carbocycles. The van der Waals surface area contributed by atoms with E-state index in [1.165, 1.54) is 12.1 Å². The summed E-state index contributed by atoms with van der Waals surface area (Å²) in [6.07, 6.45) is -2.85. The largest absolute Gasteiger partial charge is 0.416 e. The summed E-state index contributed by atoms with van der Waals surface area (Å²) < 4.78 is 37.8. The number of benzene rings is 1. The Labute approximate surface area is 136 Å². The van der Waals surface area contributed by atoms with Crippen LogP contribution in [0.1, 0.15) is 11.3 Å². The van der Waals surface area contributed by atoms with Gasteiger partial charge in [-0.2, -0.15) is 13.2 Å². The van der Waals surface area contributed by atoms with Gasteiger partial charge in [-0.1, -0.05) is 18.7 Å². The van der Waals surface area contributed by atoms with Gasteiger partial charge in [-0.25, -0.2) is 0 Å². The lowest BCUT2D eigenvalue weighted by atomic mass is 10.2. The van der Waals surface area contributed by atoms with Crippen molar-refractivity contribution in [1.29, 1.82) is 0 Å². The van der Waals surface area contributed by atoms with Gasteiger partial charge >= 0.3 is 6.18 Å². The number of hydrogen-bond acceptors (Lipinski definition) is 4. The maximum absolute atomic E-state index is 12.6. The molecule has 0 aliphatic heterocycles. The highest BCUT2D eigenvalue weighted by atomic mass is 19.4. The van der Waals surface area contributed by atoms with E-state index in [0.717, 1.165) is 12.1 Å². The van der Waals surface area contributed by atoms with Crippen LogP contribution < -0.4 is 16.2 Å². The molecule has 0 unspecified atom stereocenters. The number of aromatic nitrogens is 1. The molecule has 1 amide bonds. The average molecular weight is 336 g/mol. The van der Waals surface area contributed by atoms with E-state index in [9.17, 15) is 18.0 Å². The molecule has 0 saturated heterocycles. The van der Waals surface area contributed by atoms with Crippen molar-refractivity contribution in [3.8, 4) is 0 Å². The molecule has 5 nitrogen and oxygen atoms in total. The molecule has 0 bridgehead atoms. The third-order valence-electron chi connectivity index (χ3n) is 2.97. The van der Waals surface area contributed by atoms with Crippen molar-refractivity contribution in [3.63, 3.8) is 0 Å². The highest BCUT2D eigenvalue weighted by Gasteiger charge is 2.30. The van der Waals surface area contributed by atoms with Crippen LogP contribution in [-0.4, -0.2) is 17.4 Å². The van der Waals surface area contributed by atoms with Crippen LogP contribution in [0.4, 0.5) is 18.9 Å². The standard InChI is InChI=1S/C16H15F3N4O/c1-11(14-7-2-3-8-20-14)22-23-15(24)10-21-13-6-4-5-12(9-13)16(17,18)19/h2-9,21-22H,1,10H2,(H,23,24). The number of carbonyl (C=O) groups is 1. The van der Waals surface area contributed by atoms with Crippen LogP contribution in [-0.2, 0) is 11.0 Å². The second kappa shape index (κ2) is 7.49. The van der Waals surface area contributed by atoms with Gasteiger partial charge in [0.2, 0.25) is 0 Å². The Balaban J connectivity index is 1.82. The van der Waals surface area contributed by atoms with E-state index in [2.05, 4.69) is 27.7 Å². The van der Waals surface area contributed by atoms with Crippen molar-refractivity contribution in [3.05, 3.63) is 66.5 Å². The number of anilines is 1. The summed E-state index contributed by atoms with van der Waals surface area (Å²) in [6, 6.07) is 9.84. The molecular weight excluding hydrogens is 321 g/mol. The zero-order valence-corrected chi connectivity index (χ0v) is 12.5. The van der Waals surface area contributed by atoms with Gasteiger partial charge in [0.15, 0.2) is 0 Å². The van der Waals surface area contributed by atoms with Gasteiger partial charge in [-0.15, -0.1) is 0 Å². The second-order valence-corrected chi connectivity index (χ2v) is 4.80. The topological polar surface area (TPSA) is 66.0 Å². The number of hydrazine groups is 1. The molecular formula is C16H15F3N4O. The first-order chi connectivity index (χ1) is 11.4. The first kappa shape index (κ1) is 17.3. The van der Waals surface area contributed by atoms with Crippen LogP contribution in [0.25, 0.3) is 5.70 Å². The fourth-order valence-corrected chi connectivity index (χ4v) is 1.78. The summed E-state index contributed by atoms with van der Waals surface area (Å²) in [7, 11) is 0. The van der Waals surface area contributed by atoms with Gasteiger partial charge < -0.3 is 5.32 Å². The normalized spacial score (nSPS) is 10.8. The number of rotatable bonds is 6. The minimum atomic E-state index is -4.43. The molecule has 24 heavy (non-hydrogen) atoms. The lowest BCUT2D eigenvalue weighted by Gasteiger charge is -2.12. The minimum absolute atomic E-state index is 0.198. The molecule has 0 radical (unpaired) electrons. The van der Waals surface area contributed by atoms with Crippen LogP contribution in [0.3, 0.4) is 0 Å². The predicted octanol–water partition coefficient (Wildman–Crippen LogP) is 2.80. The molecule has 2 rings (SSSR count). The third kappa shape index (κ3) is 5.01. The molecule has 8 heteroatoms. The van der Waals surface area contributed by atoms with Crippen LogP contribution in [0.15, 0.2) is 55.2 Å². The lowest BCUT2D eigenvalue weighted by Crippen LogP contribution is -2.39. The van der Waals surface area contributed by atoms with E-state index in [1.54, 1.807) is 24.4 Å². The van der Waals surface area contributed by atoms with Crippen molar-refractivity contribution < 1.29 is 18.0 Å². The minimum Gasteiger partial charge on any atom is -0.376 e. The summed E-state index contributed by atoms with van der Waals surface area (Å²) >= 11 is 0. The second-order valence-electron chi connectivity index (χ2n) is 4.80. The highest BCUT2D eigenvalue weighted by Crippen LogP contribution is 2.30. The highest BCUT2D eigenvalue weighted by molar-refractivity contribution is 5.81. The number of alkyl halides is 3. The number of nitrogens with zero attached hydrogens (tertiary/aromatic N) is 1. The van der Waals surface area contributed by atoms with E-state index in [-0.39, 0.29) is 12.2 Å². The molecule has 126 valence electrons. The first-order valence-corrected chi connectivity index (χ1v) is 6.92. The number of carbonyl (C=O) groups excluding carboxylic acids is 1.